The smallest absolute Gasteiger partial charge is 0.433 e. The van der Waals surface area contributed by atoms with Gasteiger partial charge in [0.1, 0.15) is 23.4 Å². The Morgan fingerprint density at radius 3 is 2.56 bits per heavy atom. The molecule has 0 bridgehead atoms. The van der Waals surface area contributed by atoms with Gasteiger partial charge < -0.3 is 10.1 Å². The van der Waals surface area contributed by atoms with Gasteiger partial charge in [-0.1, -0.05) is 6.07 Å². The van der Waals surface area contributed by atoms with Crippen molar-refractivity contribution in [3.63, 3.8) is 0 Å². The quantitative estimate of drug-likeness (QED) is 0.715. The molecule has 8 nitrogen and oxygen atoms in total. The molecule has 0 spiro atoms. The Bertz CT molecular complexity index is 1100. The van der Waals surface area contributed by atoms with E-state index in [0.717, 1.165) is 12.3 Å². The molecule has 34 heavy (non-hydrogen) atoms. The average molecular weight is 475 g/mol. The zero-order valence-electron chi connectivity index (χ0n) is 18.9. The lowest BCUT2D eigenvalue weighted by Gasteiger charge is -2.28. The molecule has 0 radical (unpaired) electrons. The molecule has 1 saturated heterocycles. The molecule has 1 atom stereocenters. The standard InChI is InChI=1S/C23H24F3N5O3/c1-22(2,3)34-21(33)31-8-4-5-18(31)20(32)30-13-16-9-17(15(10-27)12-28-16)14-6-7-19(29-11-14)23(24,25)26/h6-7,9,11-12,18H,4-5,8,13H2,1-3H3,(H,30,32). The van der Waals surface area contributed by atoms with Gasteiger partial charge in [-0.15, -0.1) is 0 Å². The number of rotatable bonds is 4. The number of pyridine rings is 2. The van der Waals surface area contributed by atoms with Gasteiger partial charge in [-0.25, -0.2) is 4.79 Å². The third-order valence-corrected chi connectivity index (χ3v) is 5.07. The molecule has 2 aromatic rings. The van der Waals surface area contributed by atoms with Crippen LogP contribution in [-0.4, -0.2) is 45.1 Å². The fourth-order valence-electron chi connectivity index (χ4n) is 3.52. The van der Waals surface area contributed by atoms with E-state index in [1.54, 1.807) is 20.8 Å². The first kappa shape index (κ1) is 25.0. The highest BCUT2D eigenvalue weighted by atomic mass is 19.4. The summed E-state index contributed by atoms with van der Waals surface area (Å²) >= 11 is 0. The number of carbonyl (C=O) groups is 2. The number of hydrogen-bond acceptors (Lipinski definition) is 6. The third kappa shape index (κ3) is 6.01. The van der Waals surface area contributed by atoms with E-state index < -0.39 is 29.6 Å². The van der Waals surface area contributed by atoms with Gasteiger partial charge in [0.15, 0.2) is 0 Å². The summed E-state index contributed by atoms with van der Waals surface area (Å²) in [6, 6.07) is 4.86. The summed E-state index contributed by atoms with van der Waals surface area (Å²) in [5, 5.41) is 12.1. The summed E-state index contributed by atoms with van der Waals surface area (Å²) in [6.07, 6.45) is -1.64. The van der Waals surface area contributed by atoms with Gasteiger partial charge in [0.2, 0.25) is 5.91 Å². The molecule has 3 rings (SSSR count). The molecule has 1 N–H and O–H groups in total. The first-order valence-corrected chi connectivity index (χ1v) is 10.6. The maximum absolute atomic E-state index is 12.8. The van der Waals surface area contributed by atoms with Crippen LogP contribution < -0.4 is 5.32 Å². The van der Waals surface area contributed by atoms with Gasteiger partial charge in [0.25, 0.3) is 0 Å². The predicted octanol–water partition coefficient (Wildman–Crippen LogP) is 4.05. The molecule has 2 amide bonds. The Labute approximate surface area is 194 Å². The van der Waals surface area contributed by atoms with Crippen LogP contribution in [0.15, 0.2) is 30.6 Å². The molecule has 180 valence electrons. The van der Waals surface area contributed by atoms with E-state index in [9.17, 15) is 28.0 Å². The first-order valence-electron chi connectivity index (χ1n) is 10.6. The molecule has 1 aliphatic rings. The molecule has 3 heterocycles. The first-order chi connectivity index (χ1) is 15.9. The van der Waals surface area contributed by atoms with Crippen molar-refractivity contribution in [2.75, 3.05) is 6.54 Å². The SMILES string of the molecule is CC(C)(C)OC(=O)N1CCCC1C(=O)NCc1cc(-c2ccc(C(F)(F)F)nc2)c(C#N)cn1. The second kappa shape index (κ2) is 9.67. The topological polar surface area (TPSA) is 108 Å². The minimum atomic E-state index is -4.57. The number of aromatic nitrogens is 2. The summed E-state index contributed by atoms with van der Waals surface area (Å²) in [5.41, 5.74) is -0.517. The molecule has 1 aliphatic heterocycles. The molecule has 1 unspecified atom stereocenters. The zero-order valence-corrected chi connectivity index (χ0v) is 18.9. The van der Waals surface area contributed by atoms with Crippen LogP contribution in [0.25, 0.3) is 11.1 Å². The van der Waals surface area contributed by atoms with E-state index in [1.165, 1.54) is 23.2 Å². The molecular weight excluding hydrogens is 451 g/mol. The maximum Gasteiger partial charge on any atom is 0.433 e. The van der Waals surface area contributed by atoms with Crippen LogP contribution in [0, 0.1) is 11.3 Å². The van der Waals surface area contributed by atoms with Gasteiger partial charge >= 0.3 is 12.3 Å². The van der Waals surface area contributed by atoms with Gasteiger partial charge in [-0.05, 0) is 45.7 Å². The minimum Gasteiger partial charge on any atom is -0.444 e. The van der Waals surface area contributed by atoms with Gasteiger partial charge in [-0.2, -0.15) is 18.4 Å². The van der Waals surface area contributed by atoms with Crippen LogP contribution in [0.1, 0.15) is 50.6 Å². The van der Waals surface area contributed by atoms with Crippen molar-refractivity contribution >= 4 is 12.0 Å². The summed E-state index contributed by atoms with van der Waals surface area (Å²) in [7, 11) is 0. The van der Waals surface area contributed by atoms with Crippen molar-refractivity contribution in [2.45, 2.75) is 58.0 Å². The van der Waals surface area contributed by atoms with E-state index in [2.05, 4.69) is 15.3 Å². The highest BCUT2D eigenvalue weighted by Gasteiger charge is 2.36. The number of hydrogen-bond donors (Lipinski definition) is 1. The lowest BCUT2D eigenvalue weighted by atomic mass is 10.0. The lowest BCUT2D eigenvalue weighted by molar-refractivity contribution is -0.141. The molecule has 0 aliphatic carbocycles. The Balaban J connectivity index is 1.72. The van der Waals surface area contributed by atoms with E-state index in [4.69, 9.17) is 4.74 Å². The fraction of sp³-hybridized carbons (Fsp3) is 0.435. The van der Waals surface area contributed by atoms with Crippen LogP contribution in [0.2, 0.25) is 0 Å². The van der Waals surface area contributed by atoms with Gasteiger partial charge in [0.05, 0.1) is 17.8 Å². The van der Waals surface area contributed by atoms with Crippen LogP contribution in [0.3, 0.4) is 0 Å². The van der Waals surface area contributed by atoms with Crippen LogP contribution in [0.4, 0.5) is 18.0 Å². The van der Waals surface area contributed by atoms with E-state index in [1.807, 2.05) is 6.07 Å². The Morgan fingerprint density at radius 2 is 1.97 bits per heavy atom. The Morgan fingerprint density at radius 1 is 1.24 bits per heavy atom. The Hall–Kier alpha value is -3.68. The highest BCUT2D eigenvalue weighted by Crippen LogP contribution is 2.30. The van der Waals surface area contributed by atoms with Crippen LogP contribution in [0.5, 0.6) is 0 Å². The van der Waals surface area contributed by atoms with Crippen molar-refractivity contribution in [2.24, 2.45) is 0 Å². The van der Waals surface area contributed by atoms with E-state index >= 15 is 0 Å². The normalized spacial score (nSPS) is 16.1. The summed E-state index contributed by atoms with van der Waals surface area (Å²) in [4.78, 5) is 34.1. The van der Waals surface area contributed by atoms with Crippen molar-refractivity contribution in [3.05, 3.63) is 47.5 Å². The number of nitriles is 1. The number of alkyl halides is 3. The molecular formula is C23H24F3N5O3. The molecule has 0 aromatic carbocycles. The minimum absolute atomic E-state index is 0.00423. The molecule has 0 saturated carbocycles. The monoisotopic (exact) mass is 475 g/mol. The number of ether oxygens (including phenoxy) is 1. The Kier molecular flexibility index (Phi) is 7.09. The highest BCUT2D eigenvalue weighted by molar-refractivity contribution is 5.86. The number of nitrogens with zero attached hydrogens (tertiary/aromatic N) is 4. The van der Waals surface area contributed by atoms with Crippen LogP contribution in [-0.2, 0) is 22.3 Å². The van der Waals surface area contributed by atoms with E-state index in [-0.39, 0.29) is 18.0 Å². The maximum atomic E-state index is 12.8. The largest absolute Gasteiger partial charge is 0.444 e. The molecule has 11 heteroatoms. The van der Waals surface area contributed by atoms with Gasteiger partial charge in [0, 0.05) is 30.1 Å². The zero-order chi connectivity index (χ0) is 25.1. The third-order valence-electron chi connectivity index (χ3n) is 5.07. The summed E-state index contributed by atoms with van der Waals surface area (Å²) < 4.78 is 43.8. The van der Waals surface area contributed by atoms with Gasteiger partial charge in [-0.3, -0.25) is 19.7 Å². The fourth-order valence-corrected chi connectivity index (χ4v) is 3.52. The number of likely N-dealkylation sites (tertiary alicyclic amines) is 1. The van der Waals surface area contributed by atoms with Crippen molar-refractivity contribution in [3.8, 4) is 17.2 Å². The van der Waals surface area contributed by atoms with E-state index in [0.29, 0.717) is 36.2 Å². The number of carbonyl (C=O) groups excluding carboxylic acids is 2. The molecule has 1 fully saturated rings. The second-order valence-corrected chi connectivity index (χ2v) is 8.81. The number of nitrogens with one attached hydrogen (secondary N) is 1. The average Bonchev–Trinajstić information content (AvgIpc) is 3.26. The summed E-state index contributed by atoms with van der Waals surface area (Å²) in [6.45, 7) is 5.65. The molecule has 2 aromatic heterocycles. The van der Waals surface area contributed by atoms with Crippen LogP contribution >= 0.6 is 0 Å². The van der Waals surface area contributed by atoms with Crippen molar-refractivity contribution in [1.29, 1.82) is 5.26 Å². The van der Waals surface area contributed by atoms with Crippen molar-refractivity contribution < 1.29 is 27.5 Å². The lowest BCUT2D eigenvalue weighted by Crippen LogP contribution is -2.47. The van der Waals surface area contributed by atoms with Crippen molar-refractivity contribution in [1.82, 2.24) is 20.2 Å². The number of halogens is 3. The second-order valence-electron chi connectivity index (χ2n) is 8.81. The predicted molar refractivity (Wildman–Crippen MR) is 115 cm³/mol. The summed E-state index contributed by atoms with van der Waals surface area (Å²) in [5.74, 6) is -0.368. The number of amides is 2.